The zero-order chi connectivity index (χ0) is 12.5. The molecule has 0 atom stereocenters. The van der Waals surface area contributed by atoms with E-state index in [-0.39, 0.29) is 0 Å². The Labute approximate surface area is 111 Å². The first-order valence-electron chi connectivity index (χ1n) is 6.20. The molecule has 2 aromatic rings. The number of halogens is 1. The van der Waals surface area contributed by atoms with Gasteiger partial charge in [-0.2, -0.15) is 5.10 Å². The maximum Gasteiger partial charge on any atom is 0.219 e. The summed E-state index contributed by atoms with van der Waals surface area (Å²) in [6, 6.07) is 7.67. The van der Waals surface area contributed by atoms with Gasteiger partial charge in [0.2, 0.25) is 5.88 Å². The molecule has 94 valence electrons. The molecule has 0 amide bonds. The molecule has 18 heavy (non-hydrogen) atoms. The van der Waals surface area contributed by atoms with Crippen molar-refractivity contribution >= 4 is 11.6 Å². The van der Waals surface area contributed by atoms with E-state index in [2.05, 4.69) is 5.10 Å². The highest BCUT2D eigenvalue weighted by atomic mass is 35.5. The third kappa shape index (κ3) is 1.89. The normalized spacial score (nSPS) is 14.3. The molecule has 0 aliphatic heterocycles. The second-order valence-electron chi connectivity index (χ2n) is 4.53. The number of aromatic nitrogens is 2. The van der Waals surface area contributed by atoms with Crippen LogP contribution in [0.25, 0.3) is 5.69 Å². The van der Waals surface area contributed by atoms with Crippen LogP contribution in [-0.2, 0) is 12.8 Å². The molecule has 0 N–H and O–H groups in total. The number of hydrogen-bond acceptors (Lipinski definition) is 2. The maximum atomic E-state index is 5.91. The Morgan fingerprint density at radius 3 is 2.61 bits per heavy atom. The van der Waals surface area contributed by atoms with Crippen molar-refractivity contribution < 1.29 is 4.74 Å². The van der Waals surface area contributed by atoms with Crippen LogP contribution in [0, 0.1) is 0 Å². The largest absolute Gasteiger partial charge is 0.481 e. The van der Waals surface area contributed by atoms with Crippen LogP contribution in [0.5, 0.6) is 5.88 Å². The van der Waals surface area contributed by atoms with Gasteiger partial charge in [0.25, 0.3) is 0 Å². The Balaban J connectivity index is 2.11. The summed E-state index contributed by atoms with van der Waals surface area (Å²) in [5, 5.41) is 5.40. The molecular weight excluding hydrogens is 248 g/mol. The van der Waals surface area contributed by atoms with Gasteiger partial charge in [-0.1, -0.05) is 11.6 Å². The zero-order valence-corrected chi connectivity index (χ0v) is 11.1. The fraction of sp³-hybridized carbons (Fsp3) is 0.357. The quantitative estimate of drug-likeness (QED) is 0.829. The Hall–Kier alpha value is -1.48. The monoisotopic (exact) mass is 262 g/mol. The molecule has 4 heteroatoms. The van der Waals surface area contributed by atoms with Crippen molar-refractivity contribution in [2.75, 3.05) is 7.11 Å². The lowest BCUT2D eigenvalue weighted by atomic mass is 9.98. The number of rotatable bonds is 2. The van der Waals surface area contributed by atoms with Crippen LogP contribution in [0.3, 0.4) is 0 Å². The number of fused-ring (bicyclic) bond motifs is 1. The van der Waals surface area contributed by atoms with Gasteiger partial charge in [0.15, 0.2) is 0 Å². The van der Waals surface area contributed by atoms with Gasteiger partial charge < -0.3 is 4.74 Å². The summed E-state index contributed by atoms with van der Waals surface area (Å²) in [5.74, 6) is 0.868. The maximum absolute atomic E-state index is 5.91. The summed E-state index contributed by atoms with van der Waals surface area (Å²) in [5.41, 5.74) is 3.43. The molecular formula is C14H15ClN2O. The molecule has 0 fully saturated rings. The predicted octanol–water partition coefficient (Wildman–Crippen LogP) is 3.41. The average Bonchev–Trinajstić information content (AvgIpc) is 2.78. The first kappa shape index (κ1) is 11.6. The molecule has 1 aliphatic rings. The second-order valence-corrected chi connectivity index (χ2v) is 4.97. The van der Waals surface area contributed by atoms with E-state index < -0.39 is 0 Å². The molecule has 1 aromatic carbocycles. The summed E-state index contributed by atoms with van der Waals surface area (Å²) in [4.78, 5) is 0. The zero-order valence-electron chi connectivity index (χ0n) is 10.3. The third-order valence-corrected chi connectivity index (χ3v) is 3.63. The highest BCUT2D eigenvalue weighted by Gasteiger charge is 2.21. The summed E-state index contributed by atoms with van der Waals surface area (Å²) >= 11 is 5.91. The summed E-state index contributed by atoms with van der Waals surface area (Å²) in [7, 11) is 1.71. The number of nitrogens with zero attached hydrogens (tertiary/aromatic N) is 2. The molecule has 0 radical (unpaired) electrons. The molecule has 1 aromatic heterocycles. The Bertz CT molecular complexity index is 560. The summed E-state index contributed by atoms with van der Waals surface area (Å²) < 4.78 is 7.42. The van der Waals surface area contributed by atoms with Gasteiger partial charge in [0.1, 0.15) is 0 Å². The lowest BCUT2D eigenvalue weighted by Gasteiger charge is -2.10. The molecule has 3 rings (SSSR count). The number of benzene rings is 1. The van der Waals surface area contributed by atoms with Gasteiger partial charge in [0, 0.05) is 10.6 Å². The summed E-state index contributed by atoms with van der Waals surface area (Å²) in [6.07, 6.45) is 4.54. The molecule has 3 nitrogen and oxygen atoms in total. The summed E-state index contributed by atoms with van der Waals surface area (Å²) in [6.45, 7) is 0. The molecule has 1 aliphatic carbocycles. The third-order valence-electron chi connectivity index (χ3n) is 3.37. The van der Waals surface area contributed by atoms with Gasteiger partial charge in [-0.15, -0.1) is 0 Å². The van der Waals surface area contributed by atoms with Crippen molar-refractivity contribution in [2.45, 2.75) is 25.7 Å². The van der Waals surface area contributed by atoms with E-state index in [0.717, 1.165) is 29.4 Å². The van der Waals surface area contributed by atoms with Crippen LogP contribution < -0.4 is 4.74 Å². The molecule has 0 unspecified atom stereocenters. The smallest absolute Gasteiger partial charge is 0.219 e. The van der Waals surface area contributed by atoms with Crippen LogP contribution >= 0.6 is 11.6 Å². The highest BCUT2D eigenvalue weighted by Crippen LogP contribution is 2.31. The molecule has 1 heterocycles. The van der Waals surface area contributed by atoms with Gasteiger partial charge in [-0.3, -0.25) is 0 Å². The Morgan fingerprint density at radius 2 is 1.89 bits per heavy atom. The lowest BCUT2D eigenvalue weighted by molar-refractivity contribution is 0.378. The van der Waals surface area contributed by atoms with Crippen molar-refractivity contribution in [1.29, 1.82) is 0 Å². The Kier molecular flexibility index (Phi) is 3.00. The SMILES string of the molecule is COc1c2c(nn1-c1ccc(Cl)cc1)CCCC2. The van der Waals surface area contributed by atoms with Gasteiger partial charge in [0.05, 0.1) is 18.5 Å². The van der Waals surface area contributed by atoms with Crippen LogP contribution in [0.1, 0.15) is 24.1 Å². The fourth-order valence-electron chi connectivity index (χ4n) is 2.49. The molecule has 0 saturated carbocycles. The molecule has 0 saturated heterocycles. The van der Waals surface area contributed by atoms with E-state index in [9.17, 15) is 0 Å². The Morgan fingerprint density at radius 1 is 1.17 bits per heavy atom. The number of aryl methyl sites for hydroxylation is 1. The minimum atomic E-state index is 0.731. The highest BCUT2D eigenvalue weighted by molar-refractivity contribution is 6.30. The van der Waals surface area contributed by atoms with E-state index in [1.165, 1.54) is 24.1 Å². The van der Waals surface area contributed by atoms with Crippen molar-refractivity contribution in [1.82, 2.24) is 9.78 Å². The number of ether oxygens (including phenoxy) is 1. The minimum absolute atomic E-state index is 0.731. The van der Waals surface area contributed by atoms with Crippen molar-refractivity contribution in [3.8, 4) is 11.6 Å². The standard InChI is InChI=1S/C14H15ClN2O/c1-18-14-12-4-2-3-5-13(12)16-17(14)11-8-6-10(15)7-9-11/h6-9H,2-5H2,1H3. The van der Waals surface area contributed by atoms with E-state index >= 15 is 0 Å². The minimum Gasteiger partial charge on any atom is -0.481 e. The van der Waals surface area contributed by atoms with Crippen molar-refractivity contribution in [2.24, 2.45) is 0 Å². The van der Waals surface area contributed by atoms with E-state index in [4.69, 9.17) is 16.3 Å². The molecule has 0 bridgehead atoms. The van der Waals surface area contributed by atoms with Crippen molar-refractivity contribution in [3.63, 3.8) is 0 Å². The van der Waals surface area contributed by atoms with Crippen LogP contribution in [0.15, 0.2) is 24.3 Å². The first-order valence-corrected chi connectivity index (χ1v) is 6.58. The first-order chi connectivity index (χ1) is 8.79. The number of methoxy groups -OCH3 is 1. The lowest BCUT2D eigenvalue weighted by Crippen LogP contribution is -2.01. The average molecular weight is 263 g/mol. The van der Waals surface area contributed by atoms with Crippen LogP contribution in [0.2, 0.25) is 5.02 Å². The predicted molar refractivity (Wildman–Crippen MR) is 71.8 cm³/mol. The van der Waals surface area contributed by atoms with Gasteiger partial charge >= 0.3 is 0 Å². The number of hydrogen-bond donors (Lipinski definition) is 0. The van der Waals surface area contributed by atoms with E-state index in [0.29, 0.717) is 0 Å². The van der Waals surface area contributed by atoms with E-state index in [1.54, 1.807) is 7.11 Å². The second kappa shape index (κ2) is 4.65. The van der Waals surface area contributed by atoms with Crippen LogP contribution in [0.4, 0.5) is 0 Å². The van der Waals surface area contributed by atoms with Gasteiger partial charge in [-0.05, 0) is 49.9 Å². The van der Waals surface area contributed by atoms with Crippen LogP contribution in [-0.4, -0.2) is 16.9 Å². The van der Waals surface area contributed by atoms with Crippen molar-refractivity contribution in [3.05, 3.63) is 40.5 Å². The topological polar surface area (TPSA) is 27.1 Å². The van der Waals surface area contributed by atoms with Gasteiger partial charge in [-0.25, -0.2) is 4.68 Å². The fourth-order valence-corrected chi connectivity index (χ4v) is 2.62. The van der Waals surface area contributed by atoms with E-state index in [1.807, 2.05) is 28.9 Å². The molecule has 0 spiro atoms.